The molecule has 1 aliphatic rings. The van der Waals surface area contributed by atoms with Gasteiger partial charge in [0.25, 0.3) is 9.84 Å². The van der Waals surface area contributed by atoms with E-state index in [0.717, 1.165) is 19.3 Å². The fourth-order valence-corrected chi connectivity index (χ4v) is 4.40. The number of rotatable bonds is 1. The van der Waals surface area contributed by atoms with Crippen molar-refractivity contribution in [2.24, 2.45) is 5.41 Å². The highest BCUT2D eigenvalue weighted by Crippen LogP contribution is 2.29. The molecule has 0 spiro atoms. The Morgan fingerprint density at radius 3 is 2.06 bits per heavy atom. The molecule has 0 aromatic rings. The van der Waals surface area contributed by atoms with Crippen molar-refractivity contribution in [1.29, 1.82) is 0 Å². The van der Waals surface area contributed by atoms with Gasteiger partial charge in [-0.2, -0.15) is 4.79 Å². The largest absolute Gasteiger partial charge is 0.386 e. The van der Waals surface area contributed by atoms with E-state index in [2.05, 4.69) is 4.79 Å². The zero-order chi connectivity index (χ0) is 12.4. The Morgan fingerprint density at radius 1 is 1.19 bits per heavy atom. The van der Waals surface area contributed by atoms with Crippen molar-refractivity contribution in [2.45, 2.75) is 58.1 Å². The van der Waals surface area contributed by atoms with Gasteiger partial charge in [0.1, 0.15) is 0 Å². The maximum absolute atomic E-state index is 12.3. The highest BCUT2D eigenvalue weighted by atomic mass is 32.2. The molecule has 4 nitrogen and oxygen atoms in total. The maximum Gasteiger partial charge on any atom is 0.386 e. The first-order valence-electron chi connectivity index (χ1n) is 5.76. The third kappa shape index (κ3) is 2.71. The molecule has 0 aromatic heterocycles. The molecule has 0 bridgehead atoms. The number of hydrogen-bond acceptors (Lipinski definition) is 2. The van der Waals surface area contributed by atoms with Crippen molar-refractivity contribution in [3.05, 3.63) is 5.53 Å². The first-order chi connectivity index (χ1) is 7.30. The van der Waals surface area contributed by atoms with Crippen LogP contribution in [0, 0.1) is 5.41 Å². The predicted molar refractivity (Wildman–Crippen MR) is 63.9 cm³/mol. The summed E-state index contributed by atoms with van der Waals surface area (Å²) in [5.41, 5.74) is 8.30. The van der Waals surface area contributed by atoms with Crippen LogP contribution in [-0.2, 0) is 9.84 Å². The van der Waals surface area contributed by atoms with Crippen molar-refractivity contribution in [2.75, 3.05) is 0 Å². The third-order valence-corrected chi connectivity index (χ3v) is 5.58. The minimum Gasteiger partial charge on any atom is -0.360 e. The van der Waals surface area contributed by atoms with Crippen LogP contribution in [0.5, 0.6) is 0 Å². The molecule has 5 heteroatoms. The molecule has 0 saturated heterocycles. The van der Waals surface area contributed by atoms with Gasteiger partial charge < -0.3 is 5.53 Å². The van der Waals surface area contributed by atoms with Crippen molar-refractivity contribution in [1.82, 2.24) is 0 Å². The van der Waals surface area contributed by atoms with Gasteiger partial charge in [0.05, 0.1) is 10.7 Å². The minimum atomic E-state index is -3.43. The van der Waals surface area contributed by atoms with Crippen LogP contribution in [0.25, 0.3) is 5.53 Å². The molecule has 0 radical (unpaired) electrons. The monoisotopic (exact) mass is 244 g/mol. The summed E-state index contributed by atoms with van der Waals surface area (Å²) in [6.07, 6.45) is 4.39. The summed E-state index contributed by atoms with van der Waals surface area (Å²) in [5.74, 6) is 0. The van der Waals surface area contributed by atoms with Crippen LogP contribution in [0.4, 0.5) is 0 Å². The van der Waals surface area contributed by atoms with Gasteiger partial charge in [-0.3, -0.25) is 0 Å². The molecule has 1 rings (SSSR count). The summed E-state index contributed by atoms with van der Waals surface area (Å²) in [7, 11) is -3.43. The molecule has 1 aliphatic carbocycles. The molecule has 0 atom stereocenters. The van der Waals surface area contributed by atoms with Crippen molar-refractivity contribution in [3.63, 3.8) is 0 Å². The first-order valence-corrected chi connectivity index (χ1v) is 7.31. The van der Waals surface area contributed by atoms with E-state index in [0.29, 0.717) is 12.8 Å². The van der Waals surface area contributed by atoms with E-state index in [1.54, 1.807) is 20.8 Å². The van der Waals surface area contributed by atoms with Gasteiger partial charge in [-0.15, -0.1) is 0 Å². The fraction of sp³-hybridized carbons (Fsp3) is 0.909. The normalized spacial score (nSPS) is 19.2. The quantitative estimate of drug-likeness (QED) is 0.307. The molecular weight excluding hydrogens is 224 g/mol. The summed E-state index contributed by atoms with van der Waals surface area (Å²) in [5, 5.41) is -0.432. The second-order valence-corrected chi connectivity index (χ2v) is 7.60. The van der Waals surface area contributed by atoms with Gasteiger partial charge in [-0.1, -0.05) is 19.3 Å². The van der Waals surface area contributed by atoms with Crippen LogP contribution in [0.15, 0.2) is 0 Å². The molecule has 1 fully saturated rings. The SMILES string of the molecule is CC(C)(C)C(=[N+]=[N-])S(=O)(=O)C1CCCCC1. The Hall–Kier alpha value is -0.670. The molecule has 16 heavy (non-hydrogen) atoms. The molecule has 0 aromatic carbocycles. The van der Waals surface area contributed by atoms with Crippen LogP contribution in [-0.4, -0.2) is 23.5 Å². The minimum absolute atomic E-state index is 0.0769. The molecule has 92 valence electrons. The lowest BCUT2D eigenvalue weighted by Crippen LogP contribution is -2.38. The van der Waals surface area contributed by atoms with Gasteiger partial charge in [0.15, 0.2) is 0 Å². The number of hydrogen-bond donors (Lipinski definition) is 0. The Kier molecular flexibility index (Phi) is 3.92. The lowest BCUT2D eigenvalue weighted by molar-refractivity contribution is -0.0117. The Balaban J connectivity index is 3.05. The van der Waals surface area contributed by atoms with E-state index >= 15 is 0 Å². The van der Waals surface area contributed by atoms with Crippen LogP contribution < -0.4 is 0 Å². The van der Waals surface area contributed by atoms with Crippen LogP contribution in [0.3, 0.4) is 0 Å². The van der Waals surface area contributed by atoms with Crippen LogP contribution >= 0.6 is 0 Å². The highest BCUT2D eigenvalue weighted by Gasteiger charge is 2.44. The highest BCUT2D eigenvalue weighted by molar-refractivity contribution is 8.06. The van der Waals surface area contributed by atoms with Gasteiger partial charge in [0, 0.05) is 0 Å². The van der Waals surface area contributed by atoms with Crippen LogP contribution in [0.2, 0.25) is 0 Å². The standard InChI is InChI=1S/C11H20N2O2S/c1-11(2,3)10(13-12)16(14,15)9-7-5-4-6-8-9/h9H,4-8H2,1-3H3. The number of sulfone groups is 1. The Bertz CT molecular complexity index is 394. The van der Waals surface area contributed by atoms with Gasteiger partial charge in [-0.25, -0.2) is 8.42 Å². The summed E-state index contributed by atoms with van der Waals surface area (Å²) in [6, 6.07) is 0. The average molecular weight is 244 g/mol. The molecule has 0 aliphatic heterocycles. The molecule has 0 heterocycles. The van der Waals surface area contributed by atoms with Crippen molar-refractivity contribution in [3.8, 4) is 0 Å². The molecule has 1 saturated carbocycles. The third-order valence-electron chi connectivity index (χ3n) is 2.99. The first kappa shape index (κ1) is 13.4. The van der Waals surface area contributed by atoms with Gasteiger partial charge in [0.2, 0.25) is 0 Å². The zero-order valence-electron chi connectivity index (χ0n) is 10.2. The van der Waals surface area contributed by atoms with E-state index < -0.39 is 15.3 Å². The van der Waals surface area contributed by atoms with Crippen molar-refractivity contribution < 1.29 is 13.2 Å². The van der Waals surface area contributed by atoms with E-state index in [-0.39, 0.29) is 10.3 Å². The van der Waals surface area contributed by atoms with E-state index in [9.17, 15) is 8.42 Å². The molecule has 0 N–H and O–H groups in total. The van der Waals surface area contributed by atoms with Gasteiger partial charge >= 0.3 is 5.04 Å². The lowest BCUT2D eigenvalue weighted by atomic mass is 9.99. The summed E-state index contributed by atoms with van der Waals surface area (Å²) >= 11 is 0. The summed E-state index contributed by atoms with van der Waals surface area (Å²) < 4.78 is 24.5. The summed E-state index contributed by atoms with van der Waals surface area (Å²) in [4.78, 5) is 3.03. The predicted octanol–water partition coefficient (Wildman–Crippen LogP) is 2.41. The van der Waals surface area contributed by atoms with Gasteiger partial charge in [-0.05, 0) is 33.6 Å². The average Bonchev–Trinajstić information content (AvgIpc) is 2.17. The topological polar surface area (TPSA) is 70.5 Å². The second kappa shape index (κ2) is 4.68. The Labute approximate surface area is 97.6 Å². The molecule has 0 amide bonds. The second-order valence-electron chi connectivity index (χ2n) is 5.46. The summed E-state index contributed by atoms with van der Waals surface area (Å²) in [6.45, 7) is 5.26. The van der Waals surface area contributed by atoms with E-state index in [1.165, 1.54) is 0 Å². The van der Waals surface area contributed by atoms with Crippen molar-refractivity contribution >= 4 is 14.9 Å². The molecule has 0 unspecified atom stereocenters. The smallest absolute Gasteiger partial charge is 0.360 e. The lowest BCUT2D eigenvalue weighted by Gasteiger charge is -2.22. The fourth-order valence-electron chi connectivity index (χ4n) is 2.17. The van der Waals surface area contributed by atoms with Crippen LogP contribution in [0.1, 0.15) is 52.9 Å². The van der Waals surface area contributed by atoms with E-state index in [4.69, 9.17) is 5.53 Å². The zero-order valence-corrected chi connectivity index (χ0v) is 11.0. The molecular formula is C11H20N2O2S. The number of nitrogens with zero attached hydrogens (tertiary/aromatic N) is 2. The Morgan fingerprint density at radius 2 is 1.69 bits per heavy atom. The maximum atomic E-state index is 12.3. The van der Waals surface area contributed by atoms with E-state index in [1.807, 2.05) is 0 Å².